The van der Waals surface area contributed by atoms with Crippen LogP contribution < -0.4 is 9.62 Å². The molecule has 7 nitrogen and oxygen atoms in total. The monoisotopic (exact) mass is 585 g/mol. The fourth-order valence-electron chi connectivity index (χ4n) is 3.24. The molecule has 0 aliphatic rings. The molecule has 2 amide bonds. The standard InChI is InChI=1S/C24H32IN3O4S/c1-6-18(3)26-24(30)19(4)27(15-20-10-8-7-9-17(20)2)23(29)16-28(33(5,31)32)22-13-11-21(25)12-14-22/h7-14,18-19H,6,15-16H2,1-5H3,(H,26,30)/t18-,19+/m1/s1. The van der Waals surface area contributed by atoms with E-state index in [9.17, 15) is 18.0 Å². The highest BCUT2D eigenvalue weighted by Gasteiger charge is 2.30. The largest absolute Gasteiger partial charge is 0.352 e. The van der Waals surface area contributed by atoms with Crippen LogP contribution in [0.25, 0.3) is 0 Å². The van der Waals surface area contributed by atoms with Gasteiger partial charge in [-0.3, -0.25) is 13.9 Å². The fourth-order valence-corrected chi connectivity index (χ4v) is 4.45. The zero-order chi connectivity index (χ0) is 24.8. The molecule has 1 N–H and O–H groups in total. The van der Waals surface area contributed by atoms with Gasteiger partial charge in [-0.1, -0.05) is 31.2 Å². The van der Waals surface area contributed by atoms with Gasteiger partial charge in [0.05, 0.1) is 11.9 Å². The first-order valence-electron chi connectivity index (χ1n) is 10.8. The molecule has 2 aromatic carbocycles. The molecular formula is C24H32IN3O4S. The van der Waals surface area contributed by atoms with Gasteiger partial charge in [-0.15, -0.1) is 0 Å². The van der Waals surface area contributed by atoms with Crippen LogP contribution in [-0.4, -0.2) is 50.0 Å². The molecule has 0 heterocycles. The van der Waals surface area contributed by atoms with Crippen molar-refractivity contribution in [2.45, 2.75) is 52.7 Å². The highest BCUT2D eigenvalue weighted by atomic mass is 127. The zero-order valence-corrected chi connectivity index (χ0v) is 22.7. The number of amides is 2. The number of carbonyl (C=O) groups is 2. The van der Waals surface area contributed by atoms with Crippen LogP contribution in [-0.2, 0) is 26.2 Å². The summed E-state index contributed by atoms with van der Waals surface area (Å²) in [5, 5.41) is 2.92. The molecule has 0 fully saturated rings. The van der Waals surface area contributed by atoms with E-state index in [-0.39, 0.29) is 18.5 Å². The van der Waals surface area contributed by atoms with Crippen LogP contribution in [0.3, 0.4) is 0 Å². The summed E-state index contributed by atoms with van der Waals surface area (Å²) >= 11 is 2.13. The lowest BCUT2D eigenvalue weighted by Crippen LogP contribution is -2.52. The maximum Gasteiger partial charge on any atom is 0.244 e. The number of nitrogens with one attached hydrogen (secondary N) is 1. The Morgan fingerprint density at radius 3 is 2.21 bits per heavy atom. The molecular weight excluding hydrogens is 553 g/mol. The van der Waals surface area contributed by atoms with Gasteiger partial charge in [0.15, 0.2) is 0 Å². The average molecular weight is 586 g/mol. The van der Waals surface area contributed by atoms with Crippen molar-refractivity contribution in [2.75, 3.05) is 17.1 Å². The van der Waals surface area contributed by atoms with Gasteiger partial charge in [0, 0.05) is 16.2 Å². The van der Waals surface area contributed by atoms with Crippen molar-refractivity contribution < 1.29 is 18.0 Å². The van der Waals surface area contributed by atoms with Gasteiger partial charge in [-0.2, -0.15) is 0 Å². The molecule has 2 aromatic rings. The van der Waals surface area contributed by atoms with Gasteiger partial charge in [-0.05, 0) is 85.2 Å². The minimum absolute atomic E-state index is 0.0327. The molecule has 9 heteroatoms. The number of rotatable bonds is 10. The summed E-state index contributed by atoms with van der Waals surface area (Å²) in [6, 6.07) is 13.7. The summed E-state index contributed by atoms with van der Waals surface area (Å²) in [5.74, 6) is -0.722. The Kier molecular flexibility index (Phi) is 9.71. The van der Waals surface area contributed by atoms with Crippen molar-refractivity contribution in [3.8, 4) is 0 Å². The third kappa shape index (κ3) is 7.70. The molecule has 0 bridgehead atoms. The molecule has 0 saturated carbocycles. The molecule has 0 spiro atoms. The molecule has 0 radical (unpaired) electrons. The van der Waals surface area contributed by atoms with E-state index < -0.39 is 28.5 Å². The molecule has 2 atom stereocenters. The van der Waals surface area contributed by atoms with Crippen molar-refractivity contribution in [3.63, 3.8) is 0 Å². The summed E-state index contributed by atoms with van der Waals surface area (Å²) < 4.78 is 27.1. The van der Waals surface area contributed by atoms with Crippen LogP contribution in [0, 0.1) is 10.5 Å². The van der Waals surface area contributed by atoms with E-state index in [2.05, 4.69) is 27.9 Å². The van der Waals surface area contributed by atoms with E-state index in [1.54, 1.807) is 31.2 Å². The number of anilines is 1. The molecule has 33 heavy (non-hydrogen) atoms. The number of benzene rings is 2. The second kappa shape index (κ2) is 11.8. The van der Waals surface area contributed by atoms with Crippen molar-refractivity contribution in [3.05, 3.63) is 63.2 Å². The van der Waals surface area contributed by atoms with Crippen LogP contribution in [0.5, 0.6) is 0 Å². The van der Waals surface area contributed by atoms with Crippen LogP contribution in [0.4, 0.5) is 5.69 Å². The van der Waals surface area contributed by atoms with Gasteiger partial charge in [-0.25, -0.2) is 8.42 Å². The first-order valence-corrected chi connectivity index (χ1v) is 13.7. The van der Waals surface area contributed by atoms with Crippen LogP contribution >= 0.6 is 22.6 Å². The molecule has 2 rings (SSSR count). The third-order valence-corrected chi connectivity index (χ3v) is 7.42. The quantitative estimate of drug-likeness (QED) is 0.431. The van der Waals surface area contributed by atoms with E-state index in [1.807, 2.05) is 45.0 Å². The Morgan fingerprint density at radius 2 is 1.67 bits per heavy atom. The van der Waals surface area contributed by atoms with Crippen molar-refractivity contribution in [1.82, 2.24) is 10.2 Å². The number of nitrogens with zero attached hydrogens (tertiary/aromatic N) is 2. The predicted octanol–water partition coefficient (Wildman–Crippen LogP) is 3.70. The highest BCUT2D eigenvalue weighted by molar-refractivity contribution is 14.1. The maximum absolute atomic E-state index is 13.5. The Labute approximate surface area is 210 Å². The minimum atomic E-state index is -3.73. The number of hydrogen-bond donors (Lipinski definition) is 1. The van der Waals surface area contributed by atoms with Crippen molar-refractivity contribution in [1.29, 1.82) is 0 Å². The molecule has 0 aromatic heterocycles. The Bertz CT molecular complexity index is 1070. The maximum atomic E-state index is 13.5. The first-order chi connectivity index (χ1) is 15.4. The lowest BCUT2D eigenvalue weighted by molar-refractivity contribution is -0.139. The first kappa shape index (κ1) is 27.1. The molecule has 0 saturated heterocycles. The molecule has 0 aliphatic carbocycles. The van der Waals surface area contributed by atoms with E-state index in [0.717, 1.165) is 31.7 Å². The Balaban J connectivity index is 2.39. The number of halogens is 1. The van der Waals surface area contributed by atoms with Gasteiger partial charge in [0.25, 0.3) is 0 Å². The summed E-state index contributed by atoms with van der Waals surface area (Å²) in [5.41, 5.74) is 2.29. The normalized spacial score (nSPS) is 13.2. The van der Waals surface area contributed by atoms with Crippen LogP contribution in [0.1, 0.15) is 38.3 Å². The topological polar surface area (TPSA) is 86.8 Å². The van der Waals surface area contributed by atoms with E-state index in [4.69, 9.17) is 0 Å². The van der Waals surface area contributed by atoms with Crippen LogP contribution in [0.15, 0.2) is 48.5 Å². The molecule has 0 unspecified atom stereocenters. The smallest absolute Gasteiger partial charge is 0.244 e. The lowest BCUT2D eigenvalue weighted by atomic mass is 10.1. The summed E-state index contributed by atoms with van der Waals surface area (Å²) in [7, 11) is -3.73. The number of aryl methyl sites for hydroxylation is 1. The van der Waals surface area contributed by atoms with Gasteiger partial charge >= 0.3 is 0 Å². The second-order valence-corrected chi connectivity index (χ2v) is 11.3. The Morgan fingerprint density at radius 1 is 1.06 bits per heavy atom. The van der Waals surface area contributed by atoms with Crippen molar-refractivity contribution >= 4 is 50.1 Å². The number of hydrogen-bond acceptors (Lipinski definition) is 4. The highest BCUT2D eigenvalue weighted by Crippen LogP contribution is 2.21. The fraction of sp³-hybridized carbons (Fsp3) is 0.417. The SMILES string of the molecule is CC[C@@H](C)NC(=O)[C@H](C)N(Cc1ccccc1C)C(=O)CN(c1ccc(I)cc1)S(C)(=O)=O. The van der Waals surface area contributed by atoms with Gasteiger partial charge in [0.2, 0.25) is 21.8 Å². The average Bonchev–Trinajstić information content (AvgIpc) is 2.76. The second-order valence-electron chi connectivity index (χ2n) is 8.19. The van der Waals surface area contributed by atoms with Gasteiger partial charge in [0.1, 0.15) is 12.6 Å². The number of sulfonamides is 1. The van der Waals surface area contributed by atoms with Crippen LogP contribution in [0.2, 0.25) is 0 Å². The molecule has 180 valence electrons. The summed E-state index contributed by atoms with van der Waals surface area (Å²) in [6.07, 6.45) is 1.84. The van der Waals surface area contributed by atoms with Crippen molar-refractivity contribution in [2.24, 2.45) is 0 Å². The van der Waals surface area contributed by atoms with E-state index in [0.29, 0.717) is 5.69 Å². The minimum Gasteiger partial charge on any atom is -0.352 e. The van der Waals surface area contributed by atoms with E-state index >= 15 is 0 Å². The summed E-state index contributed by atoms with van der Waals surface area (Å²) in [4.78, 5) is 27.8. The zero-order valence-electron chi connectivity index (χ0n) is 19.7. The number of carbonyl (C=O) groups excluding carboxylic acids is 2. The lowest BCUT2D eigenvalue weighted by Gasteiger charge is -2.32. The van der Waals surface area contributed by atoms with E-state index in [1.165, 1.54) is 4.90 Å². The summed E-state index contributed by atoms with van der Waals surface area (Å²) in [6.45, 7) is 7.29. The third-order valence-electron chi connectivity index (χ3n) is 5.56. The molecule has 0 aliphatic heterocycles. The van der Waals surface area contributed by atoms with Gasteiger partial charge < -0.3 is 10.2 Å². The Hall–Kier alpha value is -2.14. The predicted molar refractivity (Wildman–Crippen MR) is 140 cm³/mol.